The van der Waals surface area contributed by atoms with E-state index in [1.54, 1.807) is 31.9 Å². The van der Waals surface area contributed by atoms with Crippen LogP contribution in [0.5, 0.6) is 11.5 Å². The summed E-state index contributed by atoms with van der Waals surface area (Å²) in [4.78, 5) is 33.0. The largest absolute Gasteiger partial charge is 0.496 e. The SMILES string of the molecule is COc1cc(-c2cn(C)c(=O)c(C)c2C)cc(OC)c1CN1CCC2(CC1)CCN(c1cccc3c1CCN(C(=O)/C(C#N)=C/C(C)(C)C)C3C)C2. The highest BCUT2D eigenvalue weighted by Gasteiger charge is 2.42. The van der Waals surface area contributed by atoms with Crippen molar-refractivity contribution in [2.75, 3.05) is 51.8 Å². The van der Waals surface area contributed by atoms with Gasteiger partial charge in [0, 0.05) is 56.2 Å². The minimum atomic E-state index is -0.247. The average Bonchev–Trinajstić information content (AvgIpc) is 3.54. The monoisotopic (exact) mass is 705 g/mol. The van der Waals surface area contributed by atoms with E-state index in [1.807, 2.05) is 45.7 Å². The van der Waals surface area contributed by atoms with Crippen molar-refractivity contribution in [3.63, 3.8) is 0 Å². The molecular formula is C43H55N5O4. The number of nitriles is 1. The predicted octanol–water partition coefficient (Wildman–Crippen LogP) is 7.12. The standard InChI is InChI=1S/C43H55N5O4/c1-28-29(2)40(49)45(7)25-35(28)31-21-38(51-8)36(39(22-31)52-9)26-46-18-14-43(15-19-46)16-20-47(27-43)37-12-10-11-33-30(3)48(17-13-34(33)37)41(50)32(24-44)23-42(4,5)6/h10-12,21-23,25,30H,13-20,26-27H2,1-9H3/b32-23+. The summed E-state index contributed by atoms with van der Waals surface area (Å²) in [6.45, 7) is 17.4. The van der Waals surface area contributed by atoms with Crippen molar-refractivity contribution < 1.29 is 14.3 Å². The highest BCUT2D eigenvalue weighted by Crippen LogP contribution is 2.45. The van der Waals surface area contributed by atoms with Crippen LogP contribution < -0.4 is 19.9 Å². The van der Waals surface area contributed by atoms with Crippen molar-refractivity contribution in [1.29, 1.82) is 5.26 Å². The van der Waals surface area contributed by atoms with Gasteiger partial charge in [0.15, 0.2) is 0 Å². The molecule has 3 aromatic rings. The number of benzene rings is 2. The molecule has 1 unspecified atom stereocenters. The van der Waals surface area contributed by atoms with E-state index in [4.69, 9.17) is 9.47 Å². The number of allylic oxidation sites excluding steroid dienone is 1. The molecule has 0 aliphatic carbocycles. The molecule has 9 heteroatoms. The maximum Gasteiger partial charge on any atom is 0.264 e. The van der Waals surface area contributed by atoms with E-state index in [0.29, 0.717) is 6.54 Å². The Bertz CT molecular complexity index is 1960. The third kappa shape index (κ3) is 7.10. The smallest absolute Gasteiger partial charge is 0.264 e. The Morgan fingerprint density at radius 1 is 1.02 bits per heavy atom. The van der Waals surface area contributed by atoms with Crippen molar-refractivity contribution in [3.05, 3.63) is 86.3 Å². The topological polar surface area (TPSA) is 91.0 Å². The normalized spacial score (nSPS) is 19.1. The zero-order valence-corrected chi connectivity index (χ0v) is 32.6. The first kappa shape index (κ1) is 37.2. The van der Waals surface area contributed by atoms with Gasteiger partial charge < -0.3 is 23.8 Å². The number of anilines is 1. The minimum Gasteiger partial charge on any atom is -0.496 e. The molecule has 4 heterocycles. The van der Waals surface area contributed by atoms with Crippen LogP contribution in [0.3, 0.4) is 0 Å². The molecule has 1 spiro atoms. The van der Waals surface area contributed by atoms with Crippen molar-refractivity contribution >= 4 is 11.6 Å². The van der Waals surface area contributed by atoms with Gasteiger partial charge in [-0.05, 0) is 111 Å². The van der Waals surface area contributed by atoms with Gasteiger partial charge in [-0.15, -0.1) is 0 Å². The molecule has 2 saturated heterocycles. The summed E-state index contributed by atoms with van der Waals surface area (Å²) in [6.07, 6.45) is 7.92. The molecule has 3 aliphatic rings. The van der Waals surface area contributed by atoms with E-state index in [-0.39, 0.29) is 33.9 Å². The van der Waals surface area contributed by atoms with Gasteiger partial charge in [0.2, 0.25) is 0 Å². The van der Waals surface area contributed by atoms with Gasteiger partial charge in [0.1, 0.15) is 23.1 Å². The van der Waals surface area contributed by atoms with Crippen LogP contribution in [0, 0.1) is 36.0 Å². The molecule has 0 saturated carbocycles. The van der Waals surface area contributed by atoms with Crippen molar-refractivity contribution in [2.24, 2.45) is 17.9 Å². The molecule has 0 N–H and O–H groups in total. The maximum atomic E-state index is 13.5. The molecule has 9 nitrogen and oxygen atoms in total. The summed E-state index contributed by atoms with van der Waals surface area (Å²) in [7, 11) is 5.22. The molecule has 1 aromatic heterocycles. The molecule has 6 rings (SSSR count). The molecular weight excluding hydrogens is 651 g/mol. The van der Waals surface area contributed by atoms with Gasteiger partial charge in [0.25, 0.3) is 11.5 Å². The van der Waals surface area contributed by atoms with Gasteiger partial charge in [-0.3, -0.25) is 14.5 Å². The number of likely N-dealkylation sites (tertiary alicyclic amines) is 1. The Labute approximate surface area is 309 Å². The lowest BCUT2D eigenvalue weighted by molar-refractivity contribution is -0.129. The van der Waals surface area contributed by atoms with Crippen LogP contribution in [0.15, 0.2) is 53.0 Å². The van der Waals surface area contributed by atoms with Gasteiger partial charge in [0.05, 0.1) is 25.8 Å². The second-order valence-corrected chi connectivity index (χ2v) is 16.3. The summed E-state index contributed by atoms with van der Waals surface area (Å²) in [6, 6.07) is 12.8. The molecule has 3 aliphatic heterocycles. The van der Waals surface area contributed by atoms with Crippen LogP contribution >= 0.6 is 0 Å². The van der Waals surface area contributed by atoms with Gasteiger partial charge >= 0.3 is 0 Å². The number of aromatic nitrogens is 1. The van der Waals surface area contributed by atoms with E-state index in [2.05, 4.69) is 53.1 Å². The number of pyridine rings is 1. The van der Waals surface area contributed by atoms with Crippen LogP contribution in [0.4, 0.5) is 5.69 Å². The van der Waals surface area contributed by atoms with Gasteiger partial charge in [-0.2, -0.15) is 5.26 Å². The van der Waals surface area contributed by atoms with Crippen molar-refractivity contribution in [2.45, 2.75) is 79.8 Å². The number of rotatable bonds is 7. The van der Waals surface area contributed by atoms with Crippen LogP contribution in [-0.2, 0) is 24.8 Å². The Morgan fingerprint density at radius 2 is 1.67 bits per heavy atom. The van der Waals surface area contributed by atoms with E-state index in [0.717, 1.165) is 91.3 Å². The highest BCUT2D eigenvalue weighted by molar-refractivity contribution is 5.97. The summed E-state index contributed by atoms with van der Waals surface area (Å²) >= 11 is 0. The highest BCUT2D eigenvalue weighted by atomic mass is 16.5. The van der Waals surface area contributed by atoms with Crippen LogP contribution in [-0.4, -0.2) is 67.2 Å². The first-order valence-corrected chi connectivity index (χ1v) is 18.6. The third-order valence-electron chi connectivity index (χ3n) is 11.8. The number of fused-ring (bicyclic) bond motifs is 1. The fourth-order valence-corrected chi connectivity index (χ4v) is 8.67. The zero-order chi connectivity index (χ0) is 37.5. The number of hydrogen-bond donors (Lipinski definition) is 0. The number of carbonyl (C=O) groups excluding carboxylic acids is 1. The quantitative estimate of drug-likeness (QED) is 0.191. The number of amides is 1. The van der Waals surface area contributed by atoms with Crippen LogP contribution in [0.25, 0.3) is 11.1 Å². The number of nitrogens with zero attached hydrogens (tertiary/aromatic N) is 5. The number of ether oxygens (including phenoxy) is 2. The first-order chi connectivity index (χ1) is 24.7. The van der Waals surface area contributed by atoms with E-state index in [1.165, 1.54) is 23.2 Å². The lowest BCUT2D eigenvalue weighted by atomic mass is 9.77. The van der Waals surface area contributed by atoms with Crippen molar-refractivity contribution in [3.8, 4) is 28.7 Å². The van der Waals surface area contributed by atoms with Crippen molar-refractivity contribution in [1.82, 2.24) is 14.4 Å². The lowest BCUT2D eigenvalue weighted by Gasteiger charge is -2.40. The predicted molar refractivity (Wildman–Crippen MR) is 207 cm³/mol. The Morgan fingerprint density at radius 3 is 2.29 bits per heavy atom. The maximum absolute atomic E-state index is 13.5. The Balaban J connectivity index is 1.14. The summed E-state index contributed by atoms with van der Waals surface area (Å²) < 4.78 is 13.6. The summed E-state index contributed by atoms with van der Waals surface area (Å²) in [5.41, 5.74) is 8.84. The Kier molecular flexibility index (Phi) is 10.4. The van der Waals surface area contributed by atoms with Gasteiger partial charge in [-0.1, -0.05) is 39.0 Å². The summed E-state index contributed by atoms with van der Waals surface area (Å²) in [5.74, 6) is 1.42. The number of piperidine rings is 1. The molecule has 2 fully saturated rings. The first-order valence-electron chi connectivity index (χ1n) is 18.6. The minimum absolute atomic E-state index is 0.0167. The Hall–Kier alpha value is -4.55. The van der Waals surface area contributed by atoms with Crippen LogP contribution in [0.1, 0.15) is 80.8 Å². The lowest BCUT2D eigenvalue weighted by Crippen LogP contribution is -2.42. The number of carbonyl (C=O) groups is 1. The molecule has 2 aromatic carbocycles. The third-order valence-corrected chi connectivity index (χ3v) is 11.8. The van der Waals surface area contributed by atoms with Crippen LogP contribution in [0.2, 0.25) is 0 Å². The second-order valence-electron chi connectivity index (χ2n) is 16.3. The fourth-order valence-electron chi connectivity index (χ4n) is 8.67. The molecule has 1 amide bonds. The number of aryl methyl sites for hydroxylation is 1. The van der Waals surface area contributed by atoms with Gasteiger partial charge in [-0.25, -0.2) is 0 Å². The zero-order valence-electron chi connectivity index (χ0n) is 32.6. The fraction of sp³-hybridized carbons (Fsp3) is 0.512. The van der Waals surface area contributed by atoms with E-state index < -0.39 is 0 Å². The molecule has 276 valence electrons. The summed E-state index contributed by atoms with van der Waals surface area (Å²) in [5, 5.41) is 9.80. The van der Waals surface area contributed by atoms with E-state index in [9.17, 15) is 14.9 Å². The number of methoxy groups -OCH3 is 2. The molecule has 0 bridgehead atoms. The van der Waals surface area contributed by atoms with E-state index >= 15 is 0 Å². The number of hydrogen-bond acceptors (Lipinski definition) is 7. The second kappa shape index (κ2) is 14.5. The average molecular weight is 706 g/mol. The molecule has 1 atom stereocenters. The molecule has 52 heavy (non-hydrogen) atoms. The molecule has 0 radical (unpaired) electrons.